The quantitative estimate of drug-likeness (QED) is 0.660. The third-order valence-electron chi connectivity index (χ3n) is 4.35. The highest BCUT2D eigenvalue weighted by Crippen LogP contribution is 2.19. The summed E-state index contributed by atoms with van der Waals surface area (Å²) in [4.78, 5) is 2.42. The van der Waals surface area contributed by atoms with Crippen molar-refractivity contribution in [1.29, 1.82) is 5.26 Å². The summed E-state index contributed by atoms with van der Waals surface area (Å²) in [6.45, 7) is 9.21. The Kier molecular flexibility index (Phi) is 7.50. The Balaban J connectivity index is 2.21. The molecular formula is C16H31N3O. The summed E-state index contributed by atoms with van der Waals surface area (Å²) in [6, 6.07) is 2.98. The molecule has 3 unspecified atom stereocenters. The van der Waals surface area contributed by atoms with Gasteiger partial charge in [0.25, 0.3) is 0 Å². The van der Waals surface area contributed by atoms with Gasteiger partial charge in [-0.1, -0.05) is 6.92 Å². The predicted octanol–water partition coefficient (Wildman–Crippen LogP) is 2.55. The Morgan fingerprint density at radius 1 is 1.45 bits per heavy atom. The van der Waals surface area contributed by atoms with E-state index in [-0.39, 0.29) is 5.54 Å². The standard InChI is InChI=1S/C16H31N3O/c1-5-10-18-16(3,13-17)9-6-7-11-19(4)15-8-12-20-14(15)2/h14-15,18H,5-12H2,1-4H3. The summed E-state index contributed by atoms with van der Waals surface area (Å²) < 4.78 is 5.61. The molecule has 1 rings (SSSR count). The molecule has 1 heterocycles. The number of rotatable bonds is 9. The highest BCUT2D eigenvalue weighted by molar-refractivity contribution is 5.03. The van der Waals surface area contributed by atoms with Crippen molar-refractivity contribution in [2.24, 2.45) is 0 Å². The summed E-state index contributed by atoms with van der Waals surface area (Å²) in [5.74, 6) is 0. The molecule has 1 aliphatic heterocycles. The Hall–Kier alpha value is -0.630. The number of hydrogen-bond donors (Lipinski definition) is 1. The van der Waals surface area contributed by atoms with Crippen molar-refractivity contribution in [2.45, 2.75) is 70.6 Å². The predicted molar refractivity (Wildman–Crippen MR) is 82.6 cm³/mol. The molecule has 3 atom stereocenters. The van der Waals surface area contributed by atoms with Gasteiger partial charge < -0.3 is 9.64 Å². The molecule has 4 nitrogen and oxygen atoms in total. The Bertz CT molecular complexity index is 315. The summed E-state index contributed by atoms with van der Waals surface area (Å²) in [5, 5.41) is 12.6. The molecule has 20 heavy (non-hydrogen) atoms. The number of ether oxygens (including phenoxy) is 1. The molecule has 0 radical (unpaired) electrons. The molecule has 0 aromatic rings. The largest absolute Gasteiger partial charge is 0.377 e. The van der Waals surface area contributed by atoms with Crippen molar-refractivity contribution in [3.8, 4) is 6.07 Å². The van der Waals surface area contributed by atoms with Crippen LogP contribution in [0.25, 0.3) is 0 Å². The number of nitrogens with one attached hydrogen (secondary N) is 1. The van der Waals surface area contributed by atoms with Gasteiger partial charge in [-0.3, -0.25) is 5.32 Å². The maximum Gasteiger partial charge on any atom is 0.103 e. The maximum absolute atomic E-state index is 9.29. The van der Waals surface area contributed by atoms with Crippen LogP contribution in [0.4, 0.5) is 0 Å². The van der Waals surface area contributed by atoms with Crippen LogP contribution < -0.4 is 5.32 Å². The minimum atomic E-state index is -0.363. The van der Waals surface area contributed by atoms with Gasteiger partial charge in [-0.2, -0.15) is 5.26 Å². The topological polar surface area (TPSA) is 48.3 Å². The zero-order chi connectivity index (χ0) is 15.0. The van der Waals surface area contributed by atoms with Gasteiger partial charge >= 0.3 is 0 Å². The second-order valence-electron chi connectivity index (χ2n) is 6.24. The molecule has 0 aromatic carbocycles. The number of nitriles is 1. The van der Waals surface area contributed by atoms with Gasteiger partial charge in [0.2, 0.25) is 0 Å². The Morgan fingerprint density at radius 3 is 2.75 bits per heavy atom. The first-order chi connectivity index (χ1) is 9.52. The molecule has 0 aliphatic carbocycles. The van der Waals surface area contributed by atoms with E-state index in [1.807, 2.05) is 6.92 Å². The van der Waals surface area contributed by atoms with E-state index in [9.17, 15) is 5.26 Å². The Morgan fingerprint density at radius 2 is 2.20 bits per heavy atom. The van der Waals surface area contributed by atoms with Gasteiger partial charge in [0, 0.05) is 12.6 Å². The second kappa shape index (κ2) is 8.61. The van der Waals surface area contributed by atoms with E-state index >= 15 is 0 Å². The maximum atomic E-state index is 9.29. The van der Waals surface area contributed by atoms with E-state index in [2.05, 4.69) is 37.2 Å². The molecule has 1 saturated heterocycles. The fourth-order valence-electron chi connectivity index (χ4n) is 2.89. The summed E-state index contributed by atoms with van der Waals surface area (Å²) >= 11 is 0. The van der Waals surface area contributed by atoms with E-state index in [4.69, 9.17) is 4.74 Å². The van der Waals surface area contributed by atoms with Gasteiger partial charge in [-0.15, -0.1) is 0 Å². The summed E-state index contributed by atoms with van der Waals surface area (Å²) in [5.41, 5.74) is -0.363. The van der Waals surface area contributed by atoms with Crippen molar-refractivity contribution in [3.05, 3.63) is 0 Å². The van der Waals surface area contributed by atoms with Crippen LogP contribution >= 0.6 is 0 Å². The van der Waals surface area contributed by atoms with Gasteiger partial charge in [-0.05, 0) is 66.1 Å². The van der Waals surface area contributed by atoms with Gasteiger partial charge in [0.1, 0.15) is 5.54 Å². The van der Waals surface area contributed by atoms with E-state index in [0.717, 1.165) is 51.8 Å². The third kappa shape index (κ3) is 5.40. The highest BCUT2D eigenvalue weighted by Gasteiger charge is 2.27. The van der Waals surface area contributed by atoms with E-state index in [1.54, 1.807) is 0 Å². The Labute approximate surface area is 124 Å². The molecular weight excluding hydrogens is 250 g/mol. The van der Waals surface area contributed by atoms with Gasteiger partial charge in [0.15, 0.2) is 0 Å². The smallest absolute Gasteiger partial charge is 0.103 e. The molecule has 0 saturated carbocycles. The highest BCUT2D eigenvalue weighted by atomic mass is 16.5. The molecule has 0 amide bonds. The molecule has 0 aromatic heterocycles. The van der Waals surface area contributed by atoms with Crippen LogP contribution in [0, 0.1) is 11.3 Å². The average Bonchev–Trinajstić information content (AvgIpc) is 2.87. The van der Waals surface area contributed by atoms with Gasteiger partial charge in [-0.25, -0.2) is 0 Å². The van der Waals surface area contributed by atoms with Crippen LogP contribution in [-0.4, -0.2) is 49.3 Å². The number of likely N-dealkylation sites (N-methyl/N-ethyl adjacent to an activating group) is 1. The van der Waals surface area contributed by atoms with E-state index in [1.165, 1.54) is 0 Å². The molecule has 0 bridgehead atoms. The lowest BCUT2D eigenvalue weighted by Gasteiger charge is -2.27. The van der Waals surface area contributed by atoms with Crippen LogP contribution in [0.15, 0.2) is 0 Å². The number of unbranched alkanes of at least 4 members (excludes halogenated alkanes) is 1. The van der Waals surface area contributed by atoms with Crippen molar-refractivity contribution in [2.75, 3.05) is 26.7 Å². The number of hydrogen-bond acceptors (Lipinski definition) is 4. The first-order valence-corrected chi connectivity index (χ1v) is 8.00. The molecule has 116 valence electrons. The molecule has 1 fully saturated rings. The zero-order valence-corrected chi connectivity index (χ0v) is 13.6. The van der Waals surface area contributed by atoms with Crippen LogP contribution in [0.3, 0.4) is 0 Å². The SMILES string of the molecule is CCCNC(C)(C#N)CCCCN(C)C1CCOC1C. The fraction of sp³-hybridized carbons (Fsp3) is 0.938. The average molecular weight is 281 g/mol. The summed E-state index contributed by atoms with van der Waals surface area (Å²) in [6.07, 6.45) is 5.73. The monoisotopic (exact) mass is 281 g/mol. The van der Waals surface area contributed by atoms with Gasteiger partial charge in [0.05, 0.1) is 12.2 Å². The van der Waals surface area contributed by atoms with E-state index < -0.39 is 0 Å². The van der Waals surface area contributed by atoms with Crippen LogP contribution in [0.5, 0.6) is 0 Å². The minimum absolute atomic E-state index is 0.357. The molecule has 0 spiro atoms. The minimum Gasteiger partial charge on any atom is -0.377 e. The van der Waals surface area contributed by atoms with Crippen molar-refractivity contribution in [1.82, 2.24) is 10.2 Å². The molecule has 4 heteroatoms. The summed E-state index contributed by atoms with van der Waals surface area (Å²) in [7, 11) is 2.19. The third-order valence-corrected chi connectivity index (χ3v) is 4.35. The lowest BCUT2D eigenvalue weighted by Crippen LogP contribution is -2.41. The number of nitrogens with zero attached hydrogens (tertiary/aromatic N) is 2. The molecule has 1 N–H and O–H groups in total. The van der Waals surface area contributed by atoms with Crippen molar-refractivity contribution >= 4 is 0 Å². The normalized spacial score (nSPS) is 25.6. The molecule has 1 aliphatic rings. The first kappa shape index (κ1) is 17.4. The lowest BCUT2D eigenvalue weighted by molar-refractivity contribution is 0.0830. The zero-order valence-electron chi connectivity index (χ0n) is 13.6. The second-order valence-corrected chi connectivity index (χ2v) is 6.24. The first-order valence-electron chi connectivity index (χ1n) is 8.00. The van der Waals surface area contributed by atoms with Crippen molar-refractivity contribution in [3.63, 3.8) is 0 Å². The fourth-order valence-corrected chi connectivity index (χ4v) is 2.89. The van der Waals surface area contributed by atoms with E-state index in [0.29, 0.717) is 12.1 Å². The lowest BCUT2D eigenvalue weighted by atomic mass is 9.96. The van der Waals surface area contributed by atoms with Crippen LogP contribution in [0.1, 0.15) is 52.9 Å². The van der Waals surface area contributed by atoms with Crippen molar-refractivity contribution < 1.29 is 4.74 Å². The van der Waals surface area contributed by atoms with Crippen LogP contribution in [-0.2, 0) is 4.74 Å². The van der Waals surface area contributed by atoms with Crippen LogP contribution in [0.2, 0.25) is 0 Å².